The van der Waals surface area contributed by atoms with Crippen molar-refractivity contribution in [2.75, 3.05) is 0 Å². The van der Waals surface area contributed by atoms with Gasteiger partial charge in [0.1, 0.15) is 6.19 Å². The molecule has 0 unspecified atom stereocenters. The summed E-state index contributed by atoms with van der Waals surface area (Å²) in [5.41, 5.74) is 1.10. The third-order valence-corrected chi connectivity index (χ3v) is 7.36. The van der Waals surface area contributed by atoms with E-state index < -0.39 is 6.19 Å². The van der Waals surface area contributed by atoms with Crippen molar-refractivity contribution in [2.24, 2.45) is 4.76 Å². The van der Waals surface area contributed by atoms with E-state index in [1.165, 1.54) is 0 Å². The van der Waals surface area contributed by atoms with E-state index in [4.69, 9.17) is 16.6 Å². The quantitative estimate of drug-likeness (QED) is 0.436. The molecule has 0 aliphatic carbocycles. The highest BCUT2D eigenvalue weighted by Gasteiger charge is 2.21. The minimum Gasteiger partial charge on any atom is -0.252 e. The summed E-state index contributed by atoms with van der Waals surface area (Å²) in [7, 11) is 0. The number of benzene rings is 2. The van der Waals surface area contributed by atoms with Crippen molar-refractivity contribution in [3.63, 3.8) is 0 Å². The zero-order chi connectivity index (χ0) is 15.1. The molecule has 2 rings (SSSR count). The van der Waals surface area contributed by atoms with Gasteiger partial charge in [-0.1, -0.05) is 78.5 Å². The van der Waals surface area contributed by atoms with Gasteiger partial charge >= 0.3 is 0 Å². The molecule has 2 aromatic rings. The Kier molecular flexibility index (Phi) is 5.67. The Bertz CT molecular complexity index is 619. The summed E-state index contributed by atoms with van der Waals surface area (Å²) in [5, 5.41) is 2.29. The second-order valence-corrected chi connectivity index (χ2v) is 8.88. The van der Waals surface area contributed by atoms with Crippen molar-refractivity contribution in [2.45, 2.75) is 19.8 Å². The summed E-state index contributed by atoms with van der Waals surface area (Å²) in [6.07, 6.45) is 1.65. The molecule has 0 atom stereocenters. The highest BCUT2D eigenvalue weighted by atomic mass is 32.4. The number of nitrogens with zero attached hydrogens (tertiary/aromatic N) is 1. The van der Waals surface area contributed by atoms with E-state index in [0.717, 1.165) is 29.2 Å². The van der Waals surface area contributed by atoms with Crippen molar-refractivity contribution < 1.29 is 0 Å². The lowest BCUT2D eigenvalue weighted by Crippen LogP contribution is -2.15. The van der Waals surface area contributed by atoms with Crippen molar-refractivity contribution in [3.8, 4) is 0 Å². The fraction of sp³-hybridized carbons (Fsp3) is 0.167. The van der Waals surface area contributed by atoms with E-state index in [1.807, 2.05) is 42.5 Å². The summed E-state index contributed by atoms with van der Waals surface area (Å²) in [5.74, 6) is 0. The SMILES string of the molecule is C=CCC/C(C)=N/P(=S)(c1ccccc1)c1ccccc1. The molecule has 0 amide bonds. The van der Waals surface area contributed by atoms with Gasteiger partial charge in [-0.25, -0.2) is 0 Å². The van der Waals surface area contributed by atoms with Crippen LogP contribution in [0.25, 0.3) is 0 Å². The summed E-state index contributed by atoms with van der Waals surface area (Å²) in [6.45, 7) is 5.84. The molecular formula is C18H20NPS. The van der Waals surface area contributed by atoms with Crippen LogP contribution in [0.3, 0.4) is 0 Å². The molecular weight excluding hydrogens is 293 g/mol. The molecule has 3 heteroatoms. The smallest absolute Gasteiger partial charge is 0.112 e. The van der Waals surface area contributed by atoms with E-state index in [2.05, 4.69) is 37.8 Å². The Hall–Kier alpha value is -1.50. The molecule has 0 N–H and O–H groups in total. The largest absolute Gasteiger partial charge is 0.252 e. The van der Waals surface area contributed by atoms with Crippen LogP contribution in [0.5, 0.6) is 0 Å². The van der Waals surface area contributed by atoms with Crippen molar-refractivity contribution in [1.29, 1.82) is 0 Å². The molecule has 0 aliphatic rings. The number of allylic oxidation sites excluding steroid dienone is 1. The van der Waals surface area contributed by atoms with Crippen LogP contribution in [0.2, 0.25) is 0 Å². The van der Waals surface area contributed by atoms with Gasteiger partial charge in [-0.15, -0.1) is 6.58 Å². The van der Waals surface area contributed by atoms with Crippen LogP contribution >= 0.6 is 6.19 Å². The van der Waals surface area contributed by atoms with Gasteiger partial charge in [-0.3, -0.25) is 4.76 Å². The highest BCUT2D eigenvalue weighted by Crippen LogP contribution is 2.45. The molecule has 0 aliphatic heterocycles. The first-order chi connectivity index (χ1) is 10.2. The summed E-state index contributed by atoms with van der Waals surface area (Å²) < 4.78 is 4.98. The normalized spacial score (nSPS) is 12.1. The summed E-state index contributed by atoms with van der Waals surface area (Å²) in [4.78, 5) is 0. The molecule has 0 bridgehead atoms. The first kappa shape index (κ1) is 15.9. The zero-order valence-corrected chi connectivity index (χ0v) is 14.0. The highest BCUT2D eigenvalue weighted by molar-refractivity contribution is 8.21. The average molecular weight is 313 g/mol. The van der Waals surface area contributed by atoms with Crippen LogP contribution in [0.1, 0.15) is 19.8 Å². The summed E-state index contributed by atoms with van der Waals surface area (Å²) in [6, 6.07) is 20.6. The topological polar surface area (TPSA) is 12.4 Å². The standard InChI is InChI=1S/C18H20NPS/c1-3-4-11-16(2)19-20(21,17-12-7-5-8-13-17)18-14-9-6-10-15-18/h3,5-10,12-15H,1,4,11H2,2H3/b19-16+. The molecule has 0 saturated heterocycles. The Balaban J connectivity index is 2.50. The van der Waals surface area contributed by atoms with E-state index in [-0.39, 0.29) is 0 Å². The van der Waals surface area contributed by atoms with Gasteiger partial charge in [-0.2, -0.15) is 0 Å². The first-order valence-electron chi connectivity index (χ1n) is 7.04. The second-order valence-electron chi connectivity index (χ2n) is 4.91. The Labute approximate surface area is 132 Å². The lowest BCUT2D eigenvalue weighted by Gasteiger charge is -2.19. The number of hydrogen-bond donors (Lipinski definition) is 0. The lowest BCUT2D eigenvalue weighted by atomic mass is 10.2. The maximum atomic E-state index is 6.06. The van der Waals surface area contributed by atoms with Gasteiger partial charge in [0.25, 0.3) is 0 Å². The molecule has 0 saturated carbocycles. The monoisotopic (exact) mass is 313 g/mol. The number of hydrogen-bond acceptors (Lipinski definition) is 1. The third-order valence-electron chi connectivity index (χ3n) is 3.23. The van der Waals surface area contributed by atoms with Gasteiger partial charge in [0.2, 0.25) is 0 Å². The zero-order valence-electron chi connectivity index (χ0n) is 12.3. The van der Waals surface area contributed by atoms with E-state index >= 15 is 0 Å². The Morgan fingerprint density at radius 2 is 1.52 bits per heavy atom. The molecule has 2 aromatic carbocycles. The molecule has 0 radical (unpaired) electrons. The predicted octanol–water partition coefficient (Wildman–Crippen LogP) is 4.46. The second kappa shape index (κ2) is 7.49. The predicted molar refractivity (Wildman–Crippen MR) is 99.0 cm³/mol. The Morgan fingerprint density at radius 1 is 1.05 bits per heavy atom. The van der Waals surface area contributed by atoms with Crippen LogP contribution in [-0.2, 0) is 11.8 Å². The molecule has 0 aromatic heterocycles. The minimum atomic E-state index is -2.13. The Morgan fingerprint density at radius 3 is 1.95 bits per heavy atom. The van der Waals surface area contributed by atoms with Crippen molar-refractivity contribution >= 4 is 34.3 Å². The molecule has 1 nitrogen and oxygen atoms in total. The van der Waals surface area contributed by atoms with Crippen LogP contribution < -0.4 is 10.6 Å². The van der Waals surface area contributed by atoms with Gasteiger partial charge in [-0.05, 0) is 19.8 Å². The molecule has 0 spiro atoms. The van der Waals surface area contributed by atoms with E-state index in [0.29, 0.717) is 0 Å². The maximum absolute atomic E-state index is 6.06. The maximum Gasteiger partial charge on any atom is 0.112 e. The van der Waals surface area contributed by atoms with E-state index in [1.54, 1.807) is 0 Å². The van der Waals surface area contributed by atoms with Crippen LogP contribution in [0.4, 0.5) is 0 Å². The first-order valence-corrected chi connectivity index (χ1v) is 9.80. The molecule has 108 valence electrons. The van der Waals surface area contributed by atoms with Gasteiger partial charge in [0.15, 0.2) is 0 Å². The van der Waals surface area contributed by atoms with Crippen LogP contribution in [0.15, 0.2) is 78.1 Å². The van der Waals surface area contributed by atoms with Gasteiger partial charge in [0, 0.05) is 16.3 Å². The van der Waals surface area contributed by atoms with Crippen LogP contribution in [-0.4, -0.2) is 5.71 Å². The van der Waals surface area contributed by atoms with Gasteiger partial charge in [0.05, 0.1) is 0 Å². The molecule has 21 heavy (non-hydrogen) atoms. The summed E-state index contributed by atoms with van der Waals surface area (Å²) >= 11 is 6.06. The van der Waals surface area contributed by atoms with E-state index in [9.17, 15) is 0 Å². The fourth-order valence-corrected chi connectivity index (χ4v) is 5.54. The average Bonchev–Trinajstić information content (AvgIpc) is 2.54. The lowest BCUT2D eigenvalue weighted by molar-refractivity contribution is 1.10. The fourth-order valence-electron chi connectivity index (χ4n) is 2.13. The third kappa shape index (κ3) is 4.00. The minimum absolute atomic E-state index is 0.918. The van der Waals surface area contributed by atoms with Crippen molar-refractivity contribution in [1.82, 2.24) is 0 Å². The van der Waals surface area contributed by atoms with Crippen molar-refractivity contribution in [3.05, 3.63) is 73.3 Å². The van der Waals surface area contributed by atoms with Gasteiger partial charge < -0.3 is 0 Å². The number of rotatable bonds is 6. The molecule has 0 heterocycles. The molecule has 0 fully saturated rings. The van der Waals surface area contributed by atoms with Crippen LogP contribution in [0, 0.1) is 0 Å².